The molecule has 3 atom stereocenters. The van der Waals surface area contributed by atoms with E-state index in [1.54, 1.807) is 73.9 Å². The Bertz CT molecular complexity index is 1760. The van der Waals surface area contributed by atoms with E-state index in [1.807, 2.05) is 36.1 Å². The molecule has 41 heavy (non-hydrogen) atoms. The van der Waals surface area contributed by atoms with Crippen LogP contribution in [-0.4, -0.2) is 36.5 Å². The molecule has 7 rings (SSSR count). The number of carbonyl (C=O) groups excluding carboxylic acids is 3. The molecule has 0 saturated carbocycles. The minimum atomic E-state index is -1.62. The van der Waals surface area contributed by atoms with Crippen molar-refractivity contribution in [2.24, 2.45) is 5.41 Å². The second-order valence-electron chi connectivity index (χ2n) is 10.9. The highest BCUT2D eigenvalue weighted by Gasteiger charge is 2.71. The molecule has 1 aliphatic carbocycles. The molecule has 3 aliphatic rings. The molecule has 0 amide bonds. The van der Waals surface area contributed by atoms with Crippen LogP contribution in [-0.2, 0) is 0 Å². The highest BCUT2D eigenvalue weighted by Crippen LogP contribution is 2.61. The summed E-state index contributed by atoms with van der Waals surface area (Å²) < 4.78 is 19.9. The number of ketones is 3. The maximum atomic E-state index is 14.7. The summed E-state index contributed by atoms with van der Waals surface area (Å²) in [5.41, 5.74) is 2.40. The van der Waals surface area contributed by atoms with Gasteiger partial charge in [-0.25, -0.2) is 4.39 Å². The average Bonchev–Trinajstić information content (AvgIpc) is 3.43. The number of rotatable bonds is 4. The van der Waals surface area contributed by atoms with Gasteiger partial charge in [0.15, 0.2) is 17.3 Å². The van der Waals surface area contributed by atoms with Gasteiger partial charge in [-0.15, -0.1) is 0 Å². The van der Waals surface area contributed by atoms with E-state index < -0.39 is 29.2 Å². The van der Waals surface area contributed by atoms with Gasteiger partial charge >= 0.3 is 0 Å². The number of Topliss-reactive ketones (excluding diaryl/α,β-unsaturated/α-hetero) is 3. The van der Waals surface area contributed by atoms with Crippen LogP contribution in [0.2, 0.25) is 0 Å². The van der Waals surface area contributed by atoms with Gasteiger partial charge in [-0.1, -0.05) is 78.4 Å². The zero-order valence-corrected chi connectivity index (χ0v) is 22.5. The van der Waals surface area contributed by atoms with Crippen molar-refractivity contribution in [2.45, 2.75) is 24.9 Å². The molecule has 0 N–H and O–H groups in total. The maximum Gasteiger partial charge on any atom is 0.185 e. The molecule has 202 valence electrons. The Balaban J connectivity index is 1.55. The van der Waals surface area contributed by atoms with Crippen molar-refractivity contribution in [1.82, 2.24) is 0 Å². The van der Waals surface area contributed by atoms with Crippen LogP contribution in [0.3, 0.4) is 0 Å². The number of ether oxygens (including phenoxy) is 1. The van der Waals surface area contributed by atoms with E-state index in [0.717, 1.165) is 5.56 Å². The van der Waals surface area contributed by atoms with Gasteiger partial charge in [-0.3, -0.25) is 14.4 Å². The highest BCUT2D eigenvalue weighted by atomic mass is 19.1. The van der Waals surface area contributed by atoms with Crippen molar-refractivity contribution < 1.29 is 23.5 Å². The third-order valence-electron chi connectivity index (χ3n) is 8.82. The van der Waals surface area contributed by atoms with Crippen molar-refractivity contribution >= 4 is 29.1 Å². The zero-order chi connectivity index (χ0) is 28.5. The number of fused-ring (bicyclic) bond motifs is 5. The Morgan fingerprint density at radius 1 is 0.878 bits per heavy atom. The van der Waals surface area contributed by atoms with E-state index in [-0.39, 0.29) is 17.3 Å². The SMILES string of the molecule is COc1cccc([C@@H]2[C@H](C(=O)c3ccc(C)cc3)N3c4ccc(F)cc4C=C[C@@H]3C23C(=O)c2ccccc2C3=O)c1. The summed E-state index contributed by atoms with van der Waals surface area (Å²) in [5.74, 6) is -1.55. The van der Waals surface area contributed by atoms with Crippen LogP contribution in [0, 0.1) is 18.2 Å². The molecular formula is C35H26FNO4. The fourth-order valence-corrected chi connectivity index (χ4v) is 7.04. The van der Waals surface area contributed by atoms with Gasteiger partial charge < -0.3 is 9.64 Å². The topological polar surface area (TPSA) is 63.7 Å². The Kier molecular flexibility index (Phi) is 5.58. The lowest BCUT2D eigenvalue weighted by Crippen LogP contribution is -2.48. The Labute approximate surface area is 236 Å². The van der Waals surface area contributed by atoms with Crippen LogP contribution in [0.1, 0.15) is 53.7 Å². The van der Waals surface area contributed by atoms with E-state index in [0.29, 0.717) is 39.3 Å². The number of hydrogen-bond acceptors (Lipinski definition) is 5. The van der Waals surface area contributed by atoms with Gasteiger partial charge in [0.25, 0.3) is 0 Å². The number of benzene rings is 4. The maximum absolute atomic E-state index is 14.7. The molecule has 5 nitrogen and oxygen atoms in total. The van der Waals surface area contributed by atoms with Gasteiger partial charge in [0.2, 0.25) is 0 Å². The van der Waals surface area contributed by atoms with Gasteiger partial charge in [0.1, 0.15) is 23.0 Å². The van der Waals surface area contributed by atoms with Gasteiger partial charge in [0.05, 0.1) is 13.2 Å². The van der Waals surface area contributed by atoms with Gasteiger partial charge in [-0.05, 0) is 42.8 Å². The molecule has 0 aromatic heterocycles. The van der Waals surface area contributed by atoms with Gasteiger partial charge in [-0.2, -0.15) is 0 Å². The third kappa shape index (κ3) is 3.43. The van der Waals surface area contributed by atoms with Gasteiger partial charge in [0, 0.05) is 33.9 Å². The second-order valence-corrected chi connectivity index (χ2v) is 10.9. The molecule has 1 saturated heterocycles. The zero-order valence-electron chi connectivity index (χ0n) is 22.5. The average molecular weight is 544 g/mol. The summed E-state index contributed by atoms with van der Waals surface area (Å²) in [5, 5.41) is 0. The number of carbonyl (C=O) groups is 3. The number of hydrogen-bond donors (Lipinski definition) is 0. The van der Waals surface area contributed by atoms with Crippen LogP contribution in [0.15, 0.2) is 97.1 Å². The molecular weight excluding hydrogens is 517 g/mol. The summed E-state index contributed by atoms with van der Waals surface area (Å²) in [6.07, 6.45) is 3.55. The number of anilines is 1. The van der Waals surface area contributed by atoms with Crippen LogP contribution in [0.25, 0.3) is 6.08 Å². The number of methoxy groups -OCH3 is 1. The molecule has 4 aromatic rings. The first-order valence-electron chi connectivity index (χ1n) is 13.6. The lowest BCUT2D eigenvalue weighted by molar-refractivity contribution is 0.0665. The number of aryl methyl sites for hydroxylation is 1. The lowest BCUT2D eigenvalue weighted by atomic mass is 9.64. The molecule has 4 aromatic carbocycles. The minimum Gasteiger partial charge on any atom is -0.497 e. The van der Waals surface area contributed by atoms with Crippen molar-refractivity contribution in [1.29, 1.82) is 0 Å². The van der Waals surface area contributed by atoms with Crippen LogP contribution in [0.4, 0.5) is 10.1 Å². The smallest absolute Gasteiger partial charge is 0.185 e. The van der Waals surface area contributed by atoms with E-state index in [2.05, 4.69) is 0 Å². The van der Waals surface area contributed by atoms with E-state index in [9.17, 15) is 18.8 Å². The summed E-state index contributed by atoms with van der Waals surface area (Å²) in [6.45, 7) is 1.95. The predicted molar refractivity (Wildman–Crippen MR) is 154 cm³/mol. The Morgan fingerprint density at radius 3 is 2.27 bits per heavy atom. The summed E-state index contributed by atoms with van der Waals surface area (Å²) in [6, 6.07) is 24.1. The van der Waals surface area contributed by atoms with E-state index in [1.165, 1.54) is 12.1 Å². The van der Waals surface area contributed by atoms with Crippen molar-refractivity contribution in [2.75, 3.05) is 12.0 Å². The molecule has 0 radical (unpaired) electrons. The first-order valence-corrected chi connectivity index (χ1v) is 13.6. The quantitative estimate of drug-likeness (QED) is 0.218. The number of halogens is 1. The normalized spacial score (nSPS) is 21.5. The summed E-state index contributed by atoms with van der Waals surface area (Å²) >= 11 is 0. The van der Waals surface area contributed by atoms with Crippen molar-refractivity contribution in [3.63, 3.8) is 0 Å². The van der Waals surface area contributed by atoms with Crippen molar-refractivity contribution in [3.8, 4) is 5.75 Å². The monoisotopic (exact) mass is 543 g/mol. The lowest BCUT2D eigenvalue weighted by Gasteiger charge is -2.37. The standard InChI is InChI=1S/C35H26FNO4/c1-20-10-12-21(13-11-20)32(38)31-30(23-6-5-7-25(19-23)41-2)35(33(39)26-8-3-4-9-27(26)34(35)40)29-17-14-22-18-24(36)15-16-28(22)37(29)31/h3-19,29-31H,1-2H3/t29-,30-,31-/m1/s1. The van der Waals surface area contributed by atoms with Crippen LogP contribution < -0.4 is 9.64 Å². The summed E-state index contributed by atoms with van der Waals surface area (Å²) in [4.78, 5) is 45.8. The first-order chi connectivity index (χ1) is 19.9. The highest BCUT2D eigenvalue weighted by molar-refractivity contribution is 6.32. The molecule has 2 aliphatic heterocycles. The first kappa shape index (κ1) is 25.1. The predicted octanol–water partition coefficient (Wildman–Crippen LogP) is 6.46. The fourth-order valence-electron chi connectivity index (χ4n) is 7.04. The third-order valence-corrected chi connectivity index (χ3v) is 8.82. The molecule has 2 heterocycles. The number of nitrogens with zero attached hydrogens (tertiary/aromatic N) is 1. The Morgan fingerprint density at radius 2 is 1.59 bits per heavy atom. The molecule has 0 bridgehead atoms. The molecule has 1 spiro atoms. The second kappa shape index (κ2) is 9.10. The van der Waals surface area contributed by atoms with Crippen LogP contribution >= 0.6 is 0 Å². The minimum absolute atomic E-state index is 0.221. The largest absolute Gasteiger partial charge is 0.497 e. The Hall–Kier alpha value is -4.84. The molecule has 0 unspecified atom stereocenters. The fraction of sp³-hybridized carbons (Fsp3) is 0.171. The summed E-state index contributed by atoms with van der Waals surface area (Å²) in [7, 11) is 1.55. The van der Waals surface area contributed by atoms with Crippen LogP contribution in [0.5, 0.6) is 5.75 Å². The molecule has 6 heteroatoms. The van der Waals surface area contributed by atoms with Crippen molar-refractivity contribution in [3.05, 3.63) is 136 Å². The molecule has 1 fully saturated rings. The van der Waals surface area contributed by atoms with E-state index in [4.69, 9.17) is 4.74 Å². The van der Waals surface area contributed by atoms with E-state index >= 15 is 0 Å².